The Balaban J connectivity index is 3.26. The van der Waals surface area contributed by atoms with Gasteiger partial charge in [0, 0.05) is 0 Å². The van der Waals surface area contributed by atoms with E-state index in [1.807, 2.05) is 5.43 Å². The van der Waals surface area contributed by atoms with Crippen LogP contribution in [-0.2, 0) is 9.47 Å². The molecule has 0 saturated carbocycles. The fourth-order valence-corrected chi connectivity index (χ4v) is 0.177. The summed E-state index contributed by atoms with van der Waals surface area (Å²) in [5.74, 6) is 0. The molecule has 0 bridgehead atoms. The minimum atomic E-state index is -0.622. The molecule has 5 heteroatoms. The number of ether oxygens (including phenoxy) is 2. The van der Waals surface area contributed by atoms with E-state index in [0.717, 1.165) is 6.40 Å². The second kappa shape index (κ2) is 4.89. The van der Waals surface area contributed by atoms with Gasteiger partial charge < -0.3 is 9.47 Å². The normalized spacial score (nSPS) is 9.11. The number of methoxy groups -OCH3 is 2. The standard InChI is InChI=1S/C4H8N2O3/c1-8-3-5-6-4(7)9-2/h3H,1-2H3,(H,6,7). The van der Waals surface area contributed by atoms with Gasteiger partial charge in [0.25, 0.3) is 0 Å². The molecule has 1 amide bonds. The molecule has 0 spiro atoms. The van der Waals surface area contributed by atoms with Gasteiger partial charge in [-0.15, -0.1) is 5.10 Å². The first kappa shape index (κ1) is 7.74. The molecule has 0 unspecified atom stereocenters. The Bertz CT molecular complexity index is 112. The molecule has 0 aliphatic heterocycles. The average molecular weight is 132 g/mol. The van der Waals surface area contributed by atoms with Gasteiger partial charge in [0.2, 0.25) is 0 Å². The van der Waals surface area contributed by atoms with Crippen molar-refractivity contribution in [1.82, 2.24) is 5.43 Å². The lowest BCUT2D eigenvalue weighted by molar-refractivity contribution is 0.171. The van der Waals surface area contributed by atoms with Gasteiger partial charge in [-0.2, -0.15) is 0 Å². The summed E-state index contributed by atoms with van der Waals surface area (Å²) in [5, 5.41) is 3.29. The van der Waals surface area contributed by atoms with Crippen LogP contribution in [0, 0.1) is 0 Å². The Morgan fingerprint density at radius 1 is 1.67 bits per heavy atom. The van der Waals surface area contributed by atoms with Gasteiger partial charge in [-0.3, -0.25) is 0 Å². The largest absolute Gasteiger partial charge is 0.485 e. The molecule has 0 rings (SSSR count). The number of amides is 1. The molecular weight excluding hydrogens is 124 g/mol. The predicted molar refractivity (Wildman–Crippen MR) is 31.0 cm³/mol. The van der Waals surface area contributed by atoms with Crippen molar-refractivity contribution in [2.24, 2.45) is 5.10 Å². The molecule has 5 nitrogen and oxygen atoms in total. The number of carbonyl (C=O) groups is 1. The third-order valence-corrected chi connectivity index (χ3v) is 0.499. The second-order valence-corrected chi connectivity index (χ2v) is 1.07. The van der Waals surface area contributed by atoms with Crippen LogP contribution in [-0.4, -0.2) is 26.7 Å². The molecule has 0 heterocycles. The summed E-state index contributed by atoms with van der Waals surface area (Å²) in [4.78, 5) is 10.2. The summed E-state index contributed by atoms with van der Waals surface area (Å²) in [5.41, 5.74) is 2.02. The summed E-state index contributed by atoms with van der Waals surface area (Å²) in [6, 6.07) is 0. The molecular formula is C4H8N2O3. The van der Waals surface area contributed by atoms with E-state index in [2.05, 4.69) is 14.6 Å². The number of carbonyl (C=O) groups excluding carboxylic acids is 1. The smallest absolute Gasteiger partial charge is 0.427 e. The zero-order chi connectivity index (χ0) is 7.11. The molecule has 9 heavy (non-hydrogen) atoms. The Kier molecular flexibility index (Phi) is 4.20. The Morgan fingerprint density at radius 2 is 2.33 bits per heavy atom. The first-order valence-electron chi connectivity index (χ1n) is 2.19. The molecule has 0 fully saturated rings. The van der Waals surface area contributed by atoms with Crippen LogP contribution in [0.5, 0.6) is 0 Å². The van der Waals surface area contributed by atoms with Crippen LogP contribution in [0.25, 0.3) is 0 Å². The van der Waals surface area contributed by atoms with Crippen molar-refractivity contribution in [3.63, 3.8) is 0 Å². The third-order valence-electron chi connectivity index (χ3n) is 0.499. The van der Waals surface area contributed by atoms with Gasteiger partial charge in [-0.1, -0.05) is 0 Å². The van der Waals surface area contributed by atoms with E-state index >= 15 is 0 Å². The van der Waals surface area contributed by atoms with E-state index in [9.17, 15) is 4.79 Å². The van der Waals surface area contributed by atoms with Crippen LogP contribution < -0.4 is 5.43 Å². The highest BCUT2D eigenvalue weighted by atomic mass is 16.5. The van der Waals surface area contributed by atoms with E-state index in [1.54, 1.807) is 0 Å². The number of hydrogen-bond acceptors (Lipinski definition) is 4. The maximum atomic E-state index is 10.2. The zero-order valence-corrected chi connectivity index (χ0v) is 5.25. The van der Waals surface area contributed by atoms with E-state index in [0.29, 0.717) is 0 Å². The first-order chi connectivity index (χ1) is 4.31. The predicted octanol–water partition coefficient (Wildman–Crippen LogP) is -0.0679. The van der Waals surface area contributed by atoms with Crippen LogP contribution >= 0.6 is 0 Å². The van der Waals surface area contributed by atoms with Crippen molar-refractivity contribution >= 4 is 12.5 Å². The van der Waals surface area contributed by atoms with Crippen molar-refractivity contribution in [3.8, 4) is 0 Å². The van der Waals surface area contributed by atoms with Crippen molar-refractivity contribution in [2.45, 2.75) is 0 Å². The van der Waals surface area contributed by atoms with Crippen LogP contribution in [0.15, 0.2) is 5.10 Å². The lowest BCUT2D eigenvalue weighted by Gasteiger charge is -1.93. The summed E-state index contributed by atoms with van der Waals surface area (Å²) in [7, 11) is 2.67. The fourth-order valence-electron chi connectivity index (χ4n) is 0.177. The summed E-state index contributed by atoms with van der Waals surface area (Å²) in [6.45, 7) is 0. The zero-order valence-electron chi connectivity index (χ0n) is 5.25. The molecule has 0 saturated heterocycles. The van der Waals surface area contributed by atoms with Crippen molar-refractivity contribution < 1.29 is 14.3 Å². The first-order valence-corrected chi connectivity index (χ1v) is 2.19. The molecule has 0 atom stereocenters. The van der Waals surface area contributed by atoms with Gasteiger partial charge in [0.1, 0.15) is 0 Å². The SMILES string of the molecule is COC=NNC(=O)OC. The maximum Gasteiger partial charge on any atom is 0.427 e. The number of rotatable bonds is 2. The molecule has 0 aliphatic carbocycles. The average Bonchev–Trinajstić information content (AvgIpc) is 1.89. The maximum absolute atomic E-state index is 10.2. The number of hydrogen-bond donors (Lipinski definition) is 1. The summed E-state index contributed by atoms with van der Waals surface area (Å²) < 4.78 is 8.55. The third kappa shape index (κ3) is 4.60. The number of nitrogens with one attached hydrogen (secondary N) is 1. The van der Waals surface area contributed by atoms with E-state index < -0.39 is 6.09 Å². The van der Waals surface area contributed by atoms with E-state index in [4.69, 9.17) is 0 Å². The monoisotopic (exact) mass is 132 g/mol. The highest BCUT2D eigenvalue weighted by Gasteiger charge is 1.90. The molecule has 0 aromatic heterocycles. The summed E-state index contributed by atoms with van der Waals surface area (Å²) in [6.07, 6.45) is 0.458. The number of hydrazone groups is 1. The molecule has 0 radical (unpaired) electrons. The van der Waals surface area contributed by atoms with Crippen LogP contribution in [0.4, 0.5) is 4.79 Å². The Labute approximate surface area is 52.6 Å². The molecule has 52 valence electrons. The van der Waals surface area contributed by atoms with Crippen LogP contribution in [0.1, 0.15) is 0 Å². The topological polar surface area (TPSA) is 59.9 Å². The lowest BCUT2D eigenvalue weighted by Crippen LogP contribution is -2.16. The van der Waals surface area contributed by atoms with Gasteiger partial charge in [-0.25, -0.2) is 10.2 Å². The highest BCUT2D eigenvalue weighted by Crippen LogP contribution is 1.68. The van der Waals surface area contributed by atoms with Gasteiger partial charge in [0.15, 0.2) is 6.40 Å². The molecule has 0 aliphatic rings. The summed E-state index contributed by atoms with van der Waals surface area (Å²) >= 11 is 0. The quantitative estimate of drug-likeness (QED) is 0.325. The van der Waals surface area contributed by atoms with E-state index in [1.165, 1.54) is 14.2 Å². The van der Waals surface area contributed by atoms with Crippen LogP contribution in [0.3, 0.4) is 0 Å². The minimum Gasteiger partial charge on any atom is -0.485 e. The molecule has 0 aromatic rings. The Morgan fingerprint density at radius 3 is 2.78 bits per heavy atom. The minimum absolute atomic E-state index is 0.622. The van der Waals surface area contributed by atoms with Gasteiger partial charge in [-0.05, 0) is 0 Å². The van der Waals surface area contributed by atoms with Crippen molar-refractivity contribution in [2.75, 3.05) is 14.2 Å². The van der Waals surface area contributed by atoms with Gasteiger partial charge >= 0.3 is 6.09 Å². The molecule has 0 aromatic carbocycles. The van der Waals surface area contributed by atoms with Crippen molar-refractivity contribution in [1.29, 1.82) is 0 Å². The van der Waals surface area contributed by atoms with Gasteiger partial charge in [0.05, 0.1) is 14.2 Å². The van der Waals surface area contributed by atoms with E-state index in [-0.39, 0.29) is 0 Å². The number of nitrogens with zero attached hydrogens (tertiary/aromatic N) is 1. The highest BCUT2D eigenvalue weighted by molar-refractivity contribution is 5.67. The van der Waals surface area contributed by atoms with Crippen molar-refractivity contribution in [3.05, 3.63) is 0 Å². The molecule has 1 N–H and O–H groups in total. The fraction of sp³-hybridized carbons (Fsp3) is 0.500. The van der Waals surface area contributed by atoms with Crippen LogP contribution in [0.2, 0.25) is 0 Å². The second-order valence-electron chi connectivity index (χ2n) is 1.07. The Hall–Kier alpha value is -1.26. The lowest BCUT2D eigenvalue weighted by atomic mass is 11.2.